The standard InChI is InChI=1S/C13H20N2O5/c1-8(16)14-4-2-9(3-5-14)12(18)15-7-10(17)6-11(15)13(19)20/h9-11,17H,2-7H2,1H3,(H,19,20)/t10-,11-/m1/s1. The molecule has 112 valence electrons. The minimum absolute atomic E-state index is 0.00379. The molecule has 7 nitrogen and oxygen atoms in total. The molecule has 2 amide bonds. The first-order valence-electron chi connectivity index (χ1n) is 6.87. The Morgan fingerprint density at radius 3 is 2.25 bits per heavy atom. The second-order valence-corrected chi connectivity index (χ2v) is 5.51. The minimum atomic E-state index is -1.07. The highest BCUT2D eigenvalue weighted by Gasteiger charge is 2.41. The van der Waals surface area contributed by atoms with E-state index in [0.717, 1.165) is 0 Å². The van der Waals surface area contributed by atoms with E-state index in [4.69, 9.17) is 5.11 Å². The highest BCUT2D eigenvalue weighted by Crippen LogP contribution is 2.25. The first-order valence-corrected chi connectivity index (χ1v) is 6.87. The summed E-state index contributed by atoms with van der Waals surface area (Å²) in [5.74, 6) is -1.54. The molecule has 0 spiro atoms. The van der Waals surface area contributed by atoms with Crippen molar-refractivity contribution in [2.24, 2.45) is 5.92 Å². The van der Waals surface area contributed by atoms with Gasteiger partial charge in [-0.15, -0.1) is 0 Å². The molecule has 20 heavy (non-hydrogen) atoms. The molecule has 0 radical (unpaired) electrons. The van der Waals surface area contributed by atoms with E-state index in [-0.39, 0.29) is 30.7 Å². The van der Waals surface area contributed by atoms with Gasteiger partial charge in [-0.05, 0) is 12.8 Å². The van der Waals surface area contributed by atoms with E-state index in [1.165, 1.54) is 11.8 Å². The lowest BCUT2D eigenvalue weighted by atomic mass is 9.95. The van der Waals surface area contributed by atoms with E-state index in [1.807, 2.05) is 0 Å². The molecular weight excluding hydrogens is 264 g/mol. The van der Waals surface area contributed by atoms with Crippen LogP contribution in [0.3, 0.4) is 0 Å². The zero-order valence-electron chi connectivity index (χ0n) is 11.5. The highest BCUT2D eigenvalue weighted by atomic mass is 16.4. The summed E-state index contributed by atoms with van der Waals surface area (Å²) in [4.78, 5) is 37.7. The predicted molar refractivity (Wildman–Crippen MR) is 68.7 cm³/mol. The lowest BCUT2D eigenvalue weighted by Gasteiger charge is -2.33. The maximum Gasteiger partial charge on any atom is 0.326 e. The Labute approximate surface area is 117 Å². The van der Waals surface area contributed by atoms with E-state index in [1.54, 1.807) is 4.90 Å². The number of amides is 2. The molecule has 2 rings (SSSR count). The molecule has 2 aliphatic heterocycles. The summed E-state index contributed by atoms with van der Waals surface area (Å²) in [7, 11) is 0. The van der Waals surface area contributed by atoms with Crippen molar-refractivity contribution in [2.45, 2.75) is 38.3 Å². The number of carbonyl (C=O) groups excluding carboxylic acids is 2. The third-order valence-electron chi connectivity index (χ3n) is 4.14. The van der Waals surface area contributed by atoms with E-state index in [0.29, 0.717) is 25.9 Å². The first kappa shape index (κ1) is 14.8. The zero-order valence-corrected chi connectivity index (χ0v) is 11.5. The molecule has 0 bridgehead atoms. The molecular formula is C13H20N2O5. The molecule has 2 N–H and O–H groups in total. The van der Waals surface area contributed by atoms with Crippen molar-refractivity contribution >= 4 is 17.8 Å². The maximum atomic E-state index is 12.4. The number of nitrogens with zero attached hydrogens (tertiary/aromatic N) is 2. The number of aliphatic hydroxyl groups is 1. The fourth-order valence-electron chi connectivity index (χ4n) is 2.97. The zero-order chi connectivity index (χ0) is 14.9. The number of carboxylic acids is 1. The Morgan fingerprint density at radius 2 is 1.75 bits per heavy atom. The van der Waals surface area contributed by atoms with Crippen molar-refractivity contribution in [3.05, 3.63) is 0 Å². The van der Waals surface area contributed by atoms with Crippen molar-refractivity contribution in [2.75, 3.05) is 19.6 Å². The van der Waals surface area contributed by atoms with Gasteiger partial charge in [0, 0.05) is 38.9 Å². The van der Waals surface area contributed by atoms with Crippen LogP contribution in [0.25, 0.3) is 0 Å². The highest BCUT2D eigenvalue weighted by molar-refractivity contribution is 5.86. The maximum absolute atomic E-state index is 12.4. The van der Waals surface area contributed by atoms with E-state index >= 15 is 0 Å². The van der Waals surface area contributed by atoms with E-state index < -0.39 is 18.1 Å². The number of carbonyl (C=O) groups is 3. The van der Waals surface area contributed by atoms with Crippen LogP contribution >= 0.6 is 0 Å². The third kappa shape index (κ3) is 2.92. The van der Waals surface area contributed by atoms with Gasteiger partial charge in [0.1, 0.15) is 6.04 Å². The minimum Gasteiger partial charge on any atom is -0.480 e. The molecule has 0 aliphatic carbocycles. The van der Waals surface area contributed by atoms with Gasteiger partial charge < -0.3 is 20.0 Å². The molecule has 2 saturated heterocycles. The van der Waals surface area contributed by atoms with Crippen LogP contribution < -0.4 is 0 Å². The number of piperidine rings is 1. The Bertz CT molecular complexity index is 417. The summed E-state index contributed by atoms with van der Waals surface area (Å²) in [6.07, 6.45) is 0.430. The number of likely N-dealkylation sites (tertiary alicyclic amines) is 2. The second kappa shape index (κ2) is 5.78. The number of hydrogen-bond donors (Lipinski definition) is 2. The molecule has 2 fully saturated rings. The van der Waals surface area contributed by atoms with Crippen molar-refractivity contribution in [1.82, 2.24) is 9.80 Å². The number of carboxylic acid groups (broad SMARTS) is 1. The van der Waals surface area contributed by atoms with Gasteiger partial charge in [-0.2, -0.15) is 0 Å². The lowest BCUT2D eigenvalue weighted by Crippen LogP contribution is -2.47. The summed E-state index contributed by atoms with van der Waals surface area (Å²) >= 11 is 0. The smallest absolute Gasteiger partial charge is 0.326 e. The normalized spacial score (nSPS) is 27.7. The largest absolute Gasteiger partial charge is 0.480 e. The number of hydrogen-bond acceptors (Lipinski definition) is 4. The van der Waals surface area contributed by atoms with Crippen molar-refractivity contribution in [1.29, 1.82) is 0 Å². The van der Waals surface area contributed by atoms with Gasteiger partial charge in [-0.25, -0.2) is 4.79 Å². The fourth-order valence-corrected chi connectivity index (χ4v) is 2.97. The summed E-state index contributed by atoms with van der Waals surface area (Å²) in [5, 5.41) is 18.7. The van der Waals surface area contributed by atoms with Crippen LogP contribution in [0.2, 0.25) is 0 Å². The number of aliphatic carboxylic acids is 1. The molecule has 0 aromatic rings. The Kier molecular flexibility index (Phi) is 4.27. The van der Waals surface area contributed by atoms with Crippen LogP contribution in [0.5, 0.6) is 0 Å². The Balaban J connectivity index is 1.98. The average molecular weight is 284 g/mol. The topological polar surface area (TPSA) is 98.2 Å². The molecule has 0 aromatic carbocycles. The quantitative estimate of drug-likeness (QED) is 0.698. The molecule has 2 aliphatic rings. The van der Waals surface area contributed by atoms with Gasteiger partial charge in [0.25, 0.3) is 0 Å². The van der Waals surface area contributed by atoms with Crippen LogP contribution in [-0.4, -0.2) is 69.6 Å². The van der Waals surface area contributed by atoms with Gasteiger partial charge in [-0.3, -0.25) is 9.59 Å². The van der Waals surface area contributed by atoms with Gasteiger partial charge in [-0.1, -0.05) is 0 Å². The van der Waals surface area contributed by atoms with Crippen molar-refractivity contribution in [3.8, 4) is 0 Å². The number of rotatable bonds is 2. The van der Waals surface area contributed by atoms with Crippen LogP contribution in [0.4, 0.5) is 0 Å². The summed E-state index contributed by atoms with van der Waals surface area (Å²) in [5.41, 5.74) is 0. The van der Waals surface area contributed by atoms with Crippen LogP contribution in [0.15, 0.2) is 0 Å². The van der Waals surface area contributed by atoms with E-state index in [9.17, 15) is 19.5 Å². The van der Waals surface area contributed by atoms with Crippen molar-refractivity contribution in [3.63, 3.8) is 0 Å². The monoisotopic (exact) mass is 284 g/mol. The van der Waals surface area contributed by atoms with Gasteiger partial charge in [0.05, 0.1) is 6.10 Å². The first-order chi connectivity index (χ1) is 9.40. The average Bonchev–Trinajstić information content (AvgIpc) is 2.80. The van der Waals surface area contributed by atoms with Crippen LogP contribution in [-0.2, 0) is 14.4 Å². The Hall–Kier alpha value is -1.63. The Morgan fingerprint density at radius 1 is 1.15 bits per heavy atom. The molecule has 0 aromatic heterocycles. The summed E-state index contributed by atoms with van der Waals surface area (Å²) < 4.78 is 0. The molecule has 0 unspecified atom stereocenters. The van der Waals surface area contributed by atoms with Crippen LogP contribution in [0, 0.1) is 5.92 Å². The lowest BCUT2D eigenvalue weighted by molar-refractivity contribution is -0.151. The molecule has 0 saturated carbocycles. The fraction of sp³-hybridized carbons (Fsp3) is 0.769. The van der Waals surface area contributed by atoms with Gasteiger partial charge in [0.15, 0.2) is 0 Å². The summed E-state index contributed by atoms with van der Waals surface area (Å²) in [6.45, 7) is 2.64. The third-order valence-corrected chi connectivity index (χ3v) is 4.14. The van der Waals surface area contributed by atoms with Crippen molar-refractivity contribution < 1.29 is 24.6 Å². The SMILES string of the molecule is CC(=O)N1CCC(C(=O)N2C[C@H](O)C[C@@H]2C(=O)O)CC1. The summed E-state index contributed by atoms with van der Waals surface area (Å²) in [6, 6.07) is -0.927. The number of aliphatic hydroxyl groups excluding tert-OH is 1. The molecule has 2 heterocycles. The van der Waals surface area contributed by atoms with Crippen LogP contribution in [0.1, 0.15) is 26.2 Å². The van der Waals surface area contributed by atoms with Gasteiger partial charge in [0.2, 0.25) is 11.8 Å². The molecule has 7 heteroatoms. The second-order valence-electron chi connectivity index (χ2n) is 5.51. The molecule has 2 atom stereocenters. The number of β-amino-alcohol motifs (C(OH)–C–C–N with tert-alkyl or cyclic N) is 1. The van der Waals surface area contributed by atoms with E-state index in [2.05, 4.69) is 0 Å². The van der Waals surface area contributed by atoms with Gasteiger partial charge >= 0.3 is 5.97 Å². The predicted octanol–water partition coefficient (Wildman–Crippen LogP) is -0.709.